The van der Waals surface area contributed by atoms with E-state index in [0.29, 0.717) is 6.61 Å². The largest absolute Gasteiger partial charge is 0.487 e. The maximum absolute atomic E-state index is 6.10. The molecule has 3 heteroatoms. The van der Waals surface area contributed by atoms with Crippen molar-refractivity contribution in [1.29, 1.82) is 0 Å². The van der Waals surface area contributed by atoms with Crippen molar-refractivity contribution < 1.29 is 4.74 Å². The number of piperidine rings is 1. The molecule has 0 bridgehead atoms. The lowest BCUT2D eigenvalue weighted by Crippen LogP contribution is -2.42. The average molecular weight is 282 g/mol. The molecule has 1 aliphatic rings. The third-order valence-corrected chi connectivity index (χ3v) is 3.90. The summed E-state index contributed by atoms with van der Waals surface area (Å²) >= 11 is 0. The van der Waals surface area contributed by atoms with Gasteiger partial charge >= 0.3 is 0 Å². The molecule has 3 rings (SSSR count). The van der Waals surface area contributed by atoms with Crippen molar-refractivity contribution in [2.75, 3.05) is 18.0 Å². The van der Waals surface area contributed by atoms with Gasteiger partial charge in [0.15, 0.2) is 0 Å². The Morgan fingerprint density at radius 3 is 2.62 bits per heavy atom. The number of para-hydroxylation sites is 2. The number of nitrogens with zero attached hydrogens (tertiary/aromatic N) is 1. The van der Waals surface area contributed by atoms with E-state index in [2.05, 4.69) is 29.2 Å². The molecule has 2 aromatic rings. The summed E-state index contributed by atoms with van der Waals surface area (Å²) in [6.07, 6.45) is 2.26. The molecule has 1 heterocycles. The van der Waals surface area contributed by atoms with E-state index < -0.39 is 0 Å². The molecule has 0 saturated carbocycles. The summed E-state index contributed by atoms with van der Waals surface area (Å²) in [5.41, 5.74) is 8.43. The van der Waals surface area contributed by atoms with Crippen LogP contribution in [-0.2, 0) is 6.61 Å². The van der Waals surface area contributed by atoms with Crippen molar-refractivity contribution in [1.82, 2.24) is 0 Å². The molecule has 0 aromatic heterocycles. The standard InChI is InChI=1S/C18H22N2O/c19-16-9-6-12-20(13-16)17-10-4-5-11-18(17)21-14-15-7-2-1-3-8-15/h1-5,7-8,10-11,16H,6,9,12-14,19H2. The van der Waals surface area contributed by atoms with Crippen LogP contribution >= 0.6 is 0 Å². The van der Waals surface area contributed by atoms with E-state index >= 15 is 0 Å². The summed E-state index contributed by atoms with van der Waals surface area (Å²) in [7, 11) is 0. The van der Waals surface area contributed by atoms with Gasteiger partial charge in [0.25, 0.3) is 0 Å². The van der Waals surface area contributed by atoms with Crippen LogP contribution in [-0.4, -0.2) is 19.1 Å². The normalized spacial score (nSPS) is 18.5. The fraction of sp³-hybridized carbons (Fsp3) is 0.333. The summed E-state index contributed by atoms with van der Waals surface area (Å²) in [6, 6.07) is 18.8. The van der Waals surface area contributed by atoms with Crippen molar-refractivity contribution in [2.24, 2.45) is 5.73 Å². The van der Waals surface area contributed by atoms with E-state index in [4.69, 9.17) is 10.5 Å². The van der Waals surface area contributed by atoms with Crippen LogP contribution in [0.3, 0.4) is 0 Å². The lowest BCUT2D eigenvalue weighted by atomic mass is 10.1. The Hall–Kier alpha value is -2.00. The second kappa shape index (κ2) is 6.64. The highest BCUT2D eigenvalue weighted by molar-refractivity contribution is 5.58. The second-order valence-electron chi connectivity index (χ2n) is 5.59. The molecule has 3 nitrogen and oxygen atoms in total. The number of anilines is 1. The van der Waals surface area contributed by atoms with Gasteiger partial charge in [0.1, 0.15) is 12.4 Å². The molecule has 0 amide bonds. The molecule has 1 saturated heterocycles. The number of hydrogen-bond acceptors (Lipinski definition) is 3. The number of ether oxygens (including phenoxy) is 1. The summed E-state index contributed by atoms with van der Waals surface area (Å²) in [5, 5.41) is 0. The molecule has 21 heavy (non-hydrogen) atoms. The van der Waals surface area contributed by atoms with Gasteiger partial charge < -0.3 is 15.4 Å². The fourth-order valence-corrected chi connectivity index (χ4v) is 2.80. The van der Waals surface area contributed by atoms with E-state index in [0.717, 1.165) is 37.4 Å². The summed E-state index contributed by atoms with van der Waals surface area (Å²) in [4.78, 5) is 2.34. The first-order valence-corrected chi connectivity index (χ1v) is 7.59. The molecule has 1 unspecified atom stereocenters. The first-order valence-electron chi connectivity index (χ1n) is 7.59. The number of hydrogen-bond donors (Lipinski definition) is 1. The predicted octanol–water partition coefficient (Wildman–Crippen LogP) is 3.19. The zero-order valence-electron chi connectivity index (χ0n) is 12.2. The van der Waals surface area contributed by atoms with E-state index in [-0.39, 0.29) is 6.04 Å². The average Bonchev–Trinajstić information content (AvgIpc) is 2.54. The molecule has 0 spiro atoms. The van der Waals surface area contributed by atoms with Crippen LogP contribution < -0.4 is 15.4 Å². The van der Waals surface area contributed by atoms with E-state index in [1.807, 2.05) is 30.3 Å². The second-order valence-corrected chi connectivity index (χ2v) is 5.59. The lowest BCUT2D eigenvalue weighted by molar-refractivity contribution is 0.305. The van der Waals surface area contributed by atoms with Crippen molar-refractivity contribution in [3.8, 4) is 5.75 Å². The van der Waals surface area contributed by atoms with Crippen molar-refractivity contribution in [3.05, 3.63) is 60.2 Å². The Bertz CT molecular complexity index is 570. The topological polar surface area (TPSA) is 38.5 Å². The van der Waals surface area contributed by atoms with Gasteiger partial charge in [0, 0.05) is 19.1 Å². The van der Waals surface area contributed by atoms with Crippen LogP contribution in [0, 0.1) is 0 Å². The molecule has 1 aliphatic heterocycles. The van der Waals surface area contributed by atoms with Gasteiger partial charge in [-0.3, -0.25) is 0 Å². The van der Waals surface area contributed by atoms with Crippen LogP contribution in [0.5, 0.6) is 5.75 Å². The van der Waals surface area contributed by atoms with Crippen LogP contribution in [0.25, 0.3) is 0 Å². The molecular weight excluding hydrogens is 260 g/mol. The summed E-state index contributed by atoms with van der Waals surface area (Å²) < 4.78 is 6.03. The minimum atomic E-state index is 0.265. The van der Waals surface area contributed by atoms with Crippen molar-refractivity contribution in [3.63, 3.8) is 0 Å². The first-order chi connectivity index (χ1) is 10.3. The van der Waals surface area contributed by atoms with Crippen molar-refractivity contribution >= 4 is 5.69 Å². The highest BCUT2D eigenvalue weighted by Gasteiger charge is 2.19. The molecule has 1 fully saturated rings. The first kappa shape index (κ1) is 14.0. The van der Waals surface area contributed by atoms with Crippen molar-refractivity contribution in [2.45, 2.75) is 25.5 Å². The van der Waals surface area contributed by atoms with Gasteiger partial charge in [0.05, 0.1) is 5.69 Å². The zero-order chi connectivity index (χ0) is 14.5. The van der Waals surface area contributed by atoms with E-state index in [1.54, 1.807) is 0 Å². The number of nitrogens with two attached hydrogens (primary N) is 1. The van der Waals surface area contributed by atoms with Crippen LogP contribution in [0.15, 0.2) is 54.6 Å². The Kier molecular flexibility index (Phi) is 4.41. The highest BCUT2D eigenvalue weighted by atomic mass is 16.5. The Morgan fingerprint density at radius 1 is 1.05 bits per heavy atom. The van der Waals surface area contributed by atoms with Crippen LogP contribution in [0.1, 0.15) is 18.4 Å². The molecule has 2 N–H and O–H groups in total. The Morgan fingerprint density at radius 2 is 1.81 bits per heavy atom. The highest BCUT2D eigenvalue weighted by Crippen LogP contribution is 2.30. The fourth-order valence-electron chi connectivity index (χ4n) is 2.80. The predicted molar refractivity (Wildman–Crippen MR) is 86.6 cm³/mol. The Labute approximate surface area is 126 Å². The quantitative estimate of drug-likeness (QED) is 0.936. The van der Waals surface area contributed by atoms with Crippen LogP contribution in [0.2, 0.25) is 0 Å². The third kappa shape index (κ3) is 3.56. The third-order valence-electron chi connectivity index (χ3n) is 3.90. The number of rotatable bonds is 4. The summed E-state index contributed by atoms with van der Waals surface area (Å²) in [5.74, 6) is 0.940. The van der Waals surface area contributed by atoms with E-state index in [1.165, 1.54) is 5.56 Å². The van der Waals surface area contributed by atoms with Gasteiger partial charge in [-0.05, 0) is 30.5 Å². The van der Waals surface area contributed by atoms with Gasteiger partial charge in [0.2, 0.25) is 0 Å². The van der Waals surface area contributed by atoms with Gasteiger partial charge in [-0.2, -0.15) is 0 Å². The van der Waals surface area contributed by atoms with Gasteiger partial charge in [-0.25, -0.2) is 0 Å². The molecule has 0 aliphatic carbocycles. The zero-order valence-corrected chi connectivity index (χ0v) is 12.2. The van der Waals surface area contributed by atoms with Gasteiger partial charge in [-0.1, -0.05) is 42.5 Å². The maximum atomic E-state index is 6.10. The van der Waals surface area contributed by atoms with E-state index in [9.17, 15) is 0 Å². The minimum absolute atomic E-state index is 0.265. The van der Waals surface area contributed by atoms with Gasteiger partial charge in [-0.15, -0.1) is 0 Å². The lowest BCUT2D eigenvalue weighted by Gasteiger charge is -2.33. The monoisotopic (exact) mass is 282 g/mol. The van der Waals surface area contributed by atoms with Crippen LogP contribution in [0.4, 0.5) is 5.69 Å². The Balaban J connectivity index is 1.73. The number of benzene rings is 2. The molecule has 0 radical (unpaired) electrons. The maximum Gasteiger partial charge on any atom is 0.143 e. The molecular formula is C18H22N2O. The SMILES string of the molecule is NC1CCCN(c2ccccc2OCc2ccccc2)C1. The molecule has 2 aromatic carbocycles. The smallest absolute Gasteiger partial charge is 0.143 e. The molecule has 1 atom stereocenters. The summed E-state index contributed by atoms with van der Waals surface area (Å²) in [6.45, 7) is 2.56. The minimum Gasteiger partial charge on any atom is -0.487 e. The molecule has 110 valence electrons.